The molecule has 0 aromatic carbocycles. The summed E-state index contributed by atoms with van der Waals surface area (Å²) >= 11 is 0. The maximum Gasteiger partial charge on any atom is 0.472 e. The van der Waals surface area contributed by atoms with Crippen LogP contribution < -0.4 is 0 Å². The molecule has 0 aliphatic rings. The summed E-state index contributed by atoms with van der Waals surface area (Å²) in [5.74, 6) is 0.911. The maximum absolute atomic E-state index is 13.0. The zero-order chi connectivity index (χ0) is 67.5. The Morgan fingerprint density at radius 1 is 0.308 bits per heavy atom. The van der Waals surface area contributed by atoms with Crippen LogP contribution in [0.25, 0.3) is 0 Å². The third-order valence-corrected chi connectivity index (χ3v) is 19.2. The summed E-state index contributed by atoms with van der Waals surface area (Å²) in [6, 6.07) is 0. The molecule has 0 aliphatic carbocycles. The number of aliphatic hydroxyl groups excluding tert-OH is 1. The summed E-state index contributed by atoms with van der Waals surface area (Å²) < 4.78 is 68.3. The Morgan fingerprint density at radius 3 is 0.780 bits per heavy atom. The van der Waals surface area contributed by atoms with Gasteiger partial charge in [-0.05, 0) is 49.4 Å². The lowest BCUT2D eigenvalue weighted by atomic mass is 9.99. The van der Waals surface area contributed by atoms with Crippen LogP contribution in [0.5, 0.6) is 0 Å². The lowest BCUT2D eigenvalue weighted by Gasteiger charge is -2.21. The van der Waals surface area contributed by atoms with Crippen molar-refractivity contribution < 1.29 is 80.2 Å². The second-order valence-electron chi connectivity index (χ2n) is 27.4. The standard InChI is InChI=1S/C72H140O17P2/c1-9-64(7)50-42-34-26-17-15-13-11-12-14-16-18-28-36-44-52-69(74)82-59-68(89-72(77)55-47-39-31-23-25-33-41-49-63(5)6)61-87-91(80,81)85-57-66(73)56-84-90(78,79)86-60-67(58-83-70(75)53-45-37-29-21-19-24-32-40-48-62(3)4)88-71(76)54-46-38-30-22-20-27-35-43-51-65(8)10-2/h62-68,73H,9-61H2,1-8H3,(H,78,79)(H,80,81)/t64?,65?,66?,67-,68-/m1/s1. The Hall–Kier alpha value is -1.94. The molecule has 0 fully saturated rings. The number of aliphatic hydroxyl groups is 1. The molecule has 0 saturated heterocycles. The van der Waals surface area contributed by atoms with Gasteiger partial charge in [-0.25, -0.2) is 9.13 Å². The molecule has 0 spiro atoms. The number of carbonyl (C=O) groups is 4. The van der Waals surface area contributed by atoms with E-state index in [1.807, 2.05) is 0 Å². The highest BCUT2D eigenvalue weighted by atomic mass is 31.2. The zero-order valence-electron chi connectivity index (χ0n) is 59.5. The molecule has 0 aliphatic heterocycles. The predicted octanol–water partition coefficient (Wildman–Crippen LogP) is 20.5. The van der Waals surface area contributed by atoms with Gasteiger partial charge < -0.3 is 33.8 Å². The quantitative estimate of drug-likeness (QED) is 0.0222. The van der Waals surface area contributed by atoms with E-state index < -0.39 is 97.5 Å². The van der Waals surface area contributed by atoms with E-state index in [9.17, 15) is 43.2 Å². The van der Waals surface area contributed by atoms with E-state index in [0.717, 1.165) is 108 Å². The van der Waals surface area contributed by atoms with Crippen molar-refractivity contribution in [3.63, 3.8) is 0 Å². The van der Waals surface area contributed by atoms with Crippen molar-refractivity contribution in [2.75, 3.05) is 39.6 Å². The molecule has 0 aromatic heterocycles. The van der Waals surface area contributed by atoms with Crippen molar-refractivity contribution in [2.45, 2.75) is 375 Å². The maximum atomic E-state index is 13.0. The van der Waals surface area contributed by atoms with Crippen LogP contribution in [0.15, 0.2) is 0 Å². The zero-order valence-corrected chi connectivity index (χ0v) is 61.3. The van der Waals surface area contributed by atoms with Crippen LogP contribution in [-0.4, -0.2) is 96.7 Å². The smallest absolute Gasteiger partial charge is 0.462 e. The molecule has 0 radical (unpaired) electrons. The van der Waals surface area contributed by atoms with Gasteiger partial charge in [0.1, 0.15) is 19.3 Å². The Bertz CT molecular complexity index is 1800. The number of esters is 4. The van der Waals surface area contributed by atoms with Gasteiger partial charge in [0, 0.05) is 25.7 Å². The first-order valence-electron chi connectivity index (χ1n) is 37.3. The van der Waals surface area contributed by atoms with Crippen molar-refractivity contribution in [1.82, 2.24) is 0 Å². The van der Waals surface area contributed by atoms with Gasteiger partial charge in [-0.1, -0.05) is 306 Å². The second kappa shape index (κ2) is 61.6. The fraction of sp³-hybridized carbons (Fsp3) is 0.944. The number of hydrogen-bond donors (Lipinski definition) is 3. The Labute approximate surface area is 556 Å². The minimum atomic E-state index is -4.95. The normalized spacial score (nSPS) is 14.8. The third-order valence-electron chi connectivity index (χ3n) is 17.3. The number of hydrogen-bond acceptors (Lipinski definition) is 15. The highest BCUT2D eigenvalue weighted by Crippen LogP contribution is 2.45. The topological polar surface area (TPSA) is 237 Å². The summed E-state index contributed by atoms with van der Waals surface area (Å²) in [4.78, 5) is 72.6. The van der Waals surface area contributed by atoms with Crippen LogP contribution in [0.2, 0.25) is 0 Å². The highest BCUT2D eigenvalue weighted by molar-refractivity contribution is 7.47. The second-order valence-corrected chi connectivity index (χ2v) is 30.3. The van der Waals surface area contributed by atoms with Gasteiger partial charge in [-0.15, -0.1) is 0 Å². The average molecular weight is 1340 g/mol. The van der Waals surface area contributed by atoms with Gasteiger partial charge in [0.25, 0.3) is 0 Å². The molecule has 91 heavy (non-hydrogen) atoms. The van der Waals surface area contributed by atoms with Crippen LogP contribution in [0.3, 0.4) is 0 Å². The molecule has 0 aromatic rings. The van der Waals surface area contributed by atoms with Crippen LogP contribution in [0, 0.1) is 23.7 Å². The van der Waals surface area contributed by atoms with E-state index in [0.29, 0.717) is 31.6 Å². The van der Waals surface area contributed by atoms with E-state index in [4.69, 9.17) is 37.0 Å². The predicted molar refractivity (Wildman–Crippen MR) is 367 cm³/mol. The highest BCUT2D eigenvalue weighted by Gasteiger charge is 2.30. The minimum Gasteiger partial charge on any atom is -0.462 e. The molecule has 19 heteroatoms. The van der Waals surface area contributed by atoms with Gasteiger partial charge >= 0.3 is 39.5 Å². The van der Waals surface area contributed by atoms with Gasteiger partial charge in [0.15, 0.2) is 12.2 Å². The first-order valence-corrected chi connectivity index (χ1v) is 40.3. The van der Waals surface area contributed by atoms with Crippen LogP contribution in [-0.2, 0) is 65.4 Å². The van der Waals surface area contributed by atoms with Gasteiger partial charge in [-0.2, -0.15) is 0 Å². The lowest BCUT2D eigenvalue weighted by Crippen LogP contribution is -2.30. The first-order chi connectivity index (χ1) is 43.7. The summed E-state index contributed by atoms with van der Waals surface area (Å²) in [6.07, 6.45) is 44.5. The summed E-state index contributed by atoms with van der Waals surface area (Å²) in [5, 5.41) is 10.6. The van der Waals surface area contributed by atoms with Gasteiger partial charge in [0.05, 0.1) is 26.4 Å². The van der Waals surface area contributed by atoms with Crippen LogP contribution in [0.4, 0.5) is 0 Å². The molecular formula is C72H140O17P2. The number of phosphoric acid groups is 2. The van der Waals surface area contributed by atoms with E-state index in [2.05, 4.69) is 55.4 Å². The van der Waals surface area contributed by atoms with Crippen molar-refractivity contribution in [1.29, 1.82) is 0 Å². The Morgan fingerprint density at radius 2 is 0.527 bits per heavy atom. The van der Waals surface area contributed by atoms with Crippen molar-refractivity contribution in [2.24, 2.45) is 23.7 Å². The molecular weight excluding hydrogens is 1200 g/mol. The molecule has 0 heterocycles. The van der Waals surface area contributed by atoms with Gasteiger partial charge in [-0.3, -0.25) is 37.3 Å². The Balaban J connectivity index is 5.21. The monoisotopic (exact) mass is 1340 g/mol. The summed E-state index contributed by atoms with van der Waals surface area (Å²) in [7, 11) is -9.90. The fourth-order valence-electron chi connectivity index (χ4n) is 10.8. The van der Waals surface area contributed by atoms with Crippen molar-refractivity contribution >= 4 is 39.5 Å². The van der Waals surface area contributed by atoms with Crippen molar-refractivity contribution in [3.05, 3.63) is 0 Å². The minimum absolute atomic E-state index is 0.103. The number of ether oxygens (including phenoxy) is 4. The number of phosphoric ester groups is 2. The van der Waals surface area contributed by atoms with Gasteiger partial charge in [0.2, 0.25) is 0 Å². The summed E-state index contributed by atoms with van der Waals surface area (Å²) in [6.45, 7) is 14.1. The number of unbranched alkanes of at least 4 members (excludes halogenated alkanes) is 33. The van der Waals surface area contributed by atoms with Crippen LogP contribution in [0.1, 0.15) is 357 Å². The molecule has 17 nitrogen and oxygen atoms in total. The molecule has 0 amide bonds. The fourth-order valence-corrected chi connectivity index (χ4v) is 12.4. The molecule has 5 unspecified atom stereocenters. The molecule has 0 rings (SSSR count). The first kappa shape index (κ1) is 89.1. The summed E-state index contributed by atoms with van der Waals surface area (Å²) in [5.41, 5.74) is 0. The molecule has 3 N–H and O–H groups in total. The van der Waals surface area contributed by atoms with E-state index in [1.54, 1.807) is 0 Å². The molecule has 0 bridgehead atoms. The number of carbonyl (C=O) groups excluding carboxylic acids is 4. The molecule has 0 saturated carbocycles. The molecule has 540 valence electrons. The SMILES string of the molecule is CCC(C)CCCCCCCCCCCCCCCCC(=O)OC[C@H](COP(=O)(O)OCC(O)COP(=O)(O)OC[C@@H](COC(=O)CCCCCCCCCCC(C)C)OC(=O)CCCCCCCCCCC(C)CC)OC(=O)CCCCCCCCCC(C)C. The van der Waals surface area contributed by atoms with E-state index >= 15 is 0 Å². The third kappa shape index (κ3) is 63.9. The molecule has 7 atom stereocenters. The number of rotatable bonds is 69. The van der Waals surface area contributed by atoms with Crippen molar-refractivity contribution in [3.8, 4) is 0 Å². The van der Waals surface area contributed by atoms with E-state index in [-0.39, 0.29) is 25.7 Å². The largest absolute Gasteiger partial charge is 0.472 e. The average Bonchev–Trinajstić information content (AvgIpc) is 3.57. The van der Waals surface area contributed by atoms with E-state index in [1.165, 1.54) is 161 Å². The lowest BCUT2D eigenvalue weighted by molar-refractivity contribution is -0.161. The Kier molecular flexibility index (Phi) is 60.3. The van der Waals surface area contributed by atoms with Crippen LogP contribution >= 0.6 is 15.6 Å².